The van der Waals surface area contributed by atoms with Crippen molar-refractivity contribution in [2.24, 2.45) is 5.41 Å². The first kappa shape index (κ1) is 23.7. The summed E-state index contributed by atoms with van der Waals surface area (Å²) in [6, 6.07) is 4.75. The van der Waals surface area contributed by atoms with E-state index in [1.807, 2.05) is 39.0 Å². The van der Waals surface area contributed by atoms with Gasteiger partial charge in [0.2, 0.25) is 5.82 Å². The molecule has 1 aliphatic heterocycles. The van der Waals surface area contributed by atoms with Gasteiger partial charge in [-0.25, -0.2) is 14.3 Å². The Kier molecular flexibility index (Phi) is 6.56. The van der Waals surface area contributed by atoms with Gasteiger partial charge in [0, 0.05) is 18.8 Å². The van der Waals surface area contributed by atoms with Crippen molar-refractivity contribution in [2.45, 2.75) is 45.7 Å². The number of hydrogen-bond acceptors (Lipinski definition) is 7. The number of fused-ring (bicyclic) bond motifs is 1. The third-order valence-corrected chi connectivity index (χ3v) is 5.90. The number of carboxylic acid groups (broad SMARTS) is 1. The van der Waals surface area contributed by atoms with Crippen LogP contribution in [0.5, 0.6) is 5.88 Å². The second-order valence-corrected chi connectivity index (χ2v) is 9.36. The molecule has 3 aromatic rings. The van der Waals surface area contributed by atoms with Gasteiger partial charge in [-0.3, -0.25) is 0 Å². The van der Waals surface area contributed by atoms with E-state index in [0.717, 1.165) is 5.52 Å². The predicted octanol–water partition coefficient (Wildman–Crippen LogP) is 3.27. The van der Waals surface area contributed by atoms with Crippen LogP contribution in [0.1, 0.15) is 33.6 Å². The highest BCUT2D eigenvalue weighted by Crippen LogP contribution is 2.35. The number of hydrogen-bond donors (Lipinski definition) is 3. The monoisotopic (exact) mass is 472 g/mol. The standard InChI is InChI=1S/C23H29FN6O4/c1-23(2,3)18-15(7-6-9-29(18)22(32)33)26-20-17(24)21(34-12-11-31)28-19(27-20)14-13-25-30-10-5-4-8-16(14)30/h4-5,8,10,13,15,18,31H,6-7,9,11-12H2,1-3H3,(H,32,33)(H,26,27,28)/t15-,18?/m1/s1. The van der Waals surface area contributed by atoms with Gasteiger partial charge in [0.05, 0.1) is 29.9 Å². The van der Waals surface area contributed by atoms with Crippen LogP contribution in [0, 0.1) is 11.2 Å². The number of carbonyl (C=O) groups is 1. The summed E-state index contributed by atoms with van der Waals surface area (Å²) in [6.45, 7) is 5.86. The molecule has 0 aromatic carbocycles. The van der Waals surface area contributed by atoms with Crippen molar-refractivity contribution >= 4 is 17.4 Å². The first-order chi connectivity index (χ1) is 16.2. The molecule has 1 aliphatic rings. The van der Waals surface area contributed by atoms with Crippen molar-refractivity contribution in [3.63, 3.8) is 0 Å². The van der Waals surface area contributed by atoms with Crippen molar-refractivity contribution in [3.8, 4) is 17.3 Å². The van der Waals surface area contributed by atoms with Crippen molar-refractivity contribution in [3.05, 3.63) is 36.4 Å². The Morgan fingerprint density at radius 1 is 1.32 bits per heavy atom. The lowest BCUT2D eigenvalue weighted by Crippen LogP contribution is -2.58. The third kappa shape index (κ3) is 4.60. The Morgan fingerprint density at radius 2 is 2.12 bits per heavy atom. The maximum absolute atomic E-state index is 15.4. The normalized spacial score (nSPS) is 18.8. The van der Waals surface area contributed by atoms with E-state index in [0.29, 0.717) is 24.9 Å². The van der Waals surface area contributed by atoms with Gasteiger partial charge >= 0.3 is 6.09 Å². The quantitative estimate of drug-likeness (QED) is 0.499. The molecule has 4 rings (SSSR count). The number of piperidine rings is 1. The summed E-state index contributed by atoms with van der Waals surface area (Å²) in [5.74, 6) is -0.972. The van der Waals surface area contributed by atoms with E-state index in [4.69, 9.17) is 9.84 Å². The van der Waals surface area contributed by atoms with E-state index in [1.54, 1.807) is 16.9 Å². The summed E-state index contributed by atoms with van der Waals surface area (Å²) in [7, 11) is 0. The second kappa shape index (κ2) is 9.41. The summed E-state index contributed by atoms with van der Waals surface area (Å²) >= 11 is 0. The Bertz CT molecular complexity index is 1180. The highest BCUT2D eigenvalue weighted by molar-refractivity contribution is 5.76. The molecule has 0 bridgehead atoms. The topological polar surface area (TPSA) is 125 Å². The number of aliphatic hydroxyl groups excluding tert-OH is 1. The Hall–Kier alpha value is -3.47. The molecule has 0 saturated carbocycles. The largest absolute Gasteiger partial charge is 0.473 e. The number of halogens is 1. The minimum atomic E-state index is -1.01. The number of rotatable bonds is 6. The van der Waals surface area contributed by atoms with Gasteiger partial charge in [-0.2, -0.15) is 14.5 Å². The lowest BCUT2D eigenvalue weighted by molar-refractivity contribution is 0.0517. The number of anilines is 1. The number of pyridine rings is 1. The van der Waals surface area contributed by atoms with Crippen molar-refractivity contribution in [1.29, 1.82) is 0 Å². The van der Waals surface area contributed by atoms with E-state index in [-0.39, 0.29) is 36.8 Å². The van der Waals surface area contributed by atoms with Crippen LogP contribution >= 0.6 is 0 Å². The van der Waals surface area contributed by atoms with Gasteiger partial charge in [0.1, 0.15) is 6.61 Å². The molecular weight excluding hydrogens is 443 g/mol. The van der Waals surface area contributed by atoms with Crippen LogP contribution in [0.25, 0.3) is 16.9 Å². The predicted molar refractivity (Wildman–Crippen MR) is 123 cm³/mol. The van der Waals surface area contributed by atoms with Crippen molar-refractivity contribution in [2.75, 3.05) is 25.1 Å². The summed E-state index contributed by atoms with van der Waals surface area (Å²) in [6.07, 6.45) is 3.65. The maximum Gasteiger partial charge on any atom is 0.407 e. The van der Waals surface area contributed by atoms with E-state index in [1.165, 1.54) is 4.90 Å². The zero-order valence-corrected chi connectivity index (χ0v) is 19.4. The van der Waals surface area contributed by atoms with Crippen LogP contribution in [0.3, 0.4) is 0 Å². The van der Waals surface area contributed by atoms with Crippen molar-refractivity contribution in [1.82, 2.24) is 24.5 Å². The minimum Gasteiger partial charge on any atom is -0.473 e. The fourth-order valence-corrected chi connectivity index (χ4v) is 4.60. The Balaban J connectivity index is 1.77. The number of nitrogens with zero attached hydrogens (tertiary/aromatic N) is 5. The molecule has 2 atom stereocenters. The molecule has 1 amide bonds. The number of amides is 1. The van der Waals surface area contributed by atoms with Crippen LogP contribution in [0.15, 0.2) is 30.6 Å². The molecule has 182 valence electrons. The average molecular weight is 473 g/mol. The number of nitrogens with one attached hydrogen (secondary N) is 1. The highest BCUT2D eigenvalue weighted by Gasteiger charge is 2.42. The van der Waals surface area contributed by atoms with E-state index in [9.17, 15) is 9.90 Å². The highest BCUT2D eigenvalue weighted by atomic mass is 19.1. The molecule has 1 unspecified atom stereocenters. The van der Waals surface area contributed by atoms with E-state index < -0.39 is 23.4 Å². The summed E-state index contributed by atoms with van der Waals surface area (Å²) in [5.41, 5.74) is 0.915. The van der Waals surface area contributed by atoms with Gasteiger partial charge in [0.15, 0.2) is 11.6 Å². The van der Waals surface area contributed by atoms with Crippen LogP contribution in [0.2, 0.25) is 0 Å². The van der Waals surface area contributed by atoms with Gasteiger partial charge in [-0.15, -0.1) is 0 Å². The fraction of sp³-hybridized carbons (Fsp3) is 0.478. The second-order valence-electron chi connectivity index (χ2n) is 9.36. The van der Waals surface area contributed by atoms with Crippen LogP contribution in [-0.4, -0.2) is 72.6 Å². The van der Waals surface area contributed by atoms with Gasteiger partial charge in [-0.1, -0.05) is 26.8 Å². The average Bonchev–Trinajstić information content (AvgIpc) is 3.23. The number of aromatic nitrogens is 4. The molecule has 4 heterocycles. The molecule has 1 saturated heterocycles. The zero-order valence-electron chi connectivity index (χ0n) is 19.4. The molecular formula is C23H29FN6O4. The molecule has 0 aliphatic carbocycles. The molecule has 3 aromatic heterocycles. The van der Waals surface area contributed by atoms with Crippen LogP contribution in [0.4, 0.5) is 15.0 Å². The minimum absolute atomic E-state index is 0.0836. The summed E-state index contributed by atoms with van der Waals surface area (Å²) < 4.78 is 22.5. The summed E-state index contributed by atoms with van der Waals surface area (Å²) in [4.78, 5) is 22.0. The molecule has 11 heteroatoms. The molecule has 0 spiro atoms. The Labute approximate surface area is 196 Å². The maximum atomic E-state index is 15.4. The van der Waals surface area contributed by atoms with Crippen molar-refractivity contribution < 1.29 is 24.1 Å². The number of ether oxygens (including phenoxy) is 1. The molecule has 1 fully saturated rings. The lowest BCUT2D eigenvalue weighted by Gasteiger charge is -2.47. The molecule has 0 radical (unpaired) electrons. The third-order valence-electron chi connectivity index (χ3n) is 5.90. The number of likely N-dealkylation sites (tertiary alicyclic amines) is 1. The molecule has 10 nitrogen and oxygen atoms in total. The summed E-state index contributed by atoms with van der Waals surface area (Å²) in [5, 5.41) is 26.4. The molecule has 3 N–H and O–H groups in total. The Morgan fingerprint density at radius 3 is 2.82 bits per heavy atom. The first-order valence-corrected chi connectivity index (χ1v) is 11.2. The van der Waals surface area contributed by atoms with E-state index in [2.05, 4.69) is 20.4 Å². The van der Waals surface area contributed by atoms with Gasteiger partial charge < -0.3 is 25.2 Å². The van der Waals surface area contributed by atoms with Gasteiger partial charge in [-0.05, 0) is 30.4 Å². The van der Waals surface area contributed by atoms with Crippen LogP contribution < -0.4 is 10.1 Å². The number of aliphatic hydroxyl groups is 1. The van der Waals surface area contributed by atoms with Crippen LogP contribution in [-0.2, 0) is 0 Å². The fourth-order valence-electron chi connectivity index (χ4n) is 4.60. The lowest BCUT2D eigenvalue weighted by atomic mass is 9.77. The van der Waals surface area contributed by atoms with E-state index >= 15 is 4.39 Å². The smallest absolute Gasteiger partial charge is 0.407 e. The SMILES string of the molecule is CC(C)(C)C1[C@H](Nc2nc(-c3cnn4ccccc34)nc(OCCO)c2F)CCCN1C(=O)O. The first-order valence-electron chi connectivity index (χ1n) is 11.2. The molecule has 34 heavy (non-hydrogen) atoms. The zero-order chi connectivity index (χ0) is 24.5. The van der Waals surface area contributed by atoms with Gasteiger partial charge in [0.25, 0.3) is 5.88 Å².